The van der Waals surface area contributed by atoms with Crippen LogP contribution in [0.4, 0.5) is 10.2 Å². The normalized spacial score (nSPS) is 20.8. The standard InChI is InChI=1S/C25H30FN5O2/c1-15-5-6-16(2)10-18(9-15)31(3)24-8-7-22(28-29-24)20-12-21(26)19(13-23(20)32)17-11-25(33-4)30-27-14-17/h7-8,11-16,18,32H,5-6,9-10H2,1-4H3/t15-,16+,18+. The molecule has 2 heterocycles. The summed E-state index contributed by atoms with van der Waals surface area (Å²) in [6.45, 7) is 4.62. The number of nitrogens with zero attached hydrogens (tertiary/aromatic N) is 5. The van der Waals surface area contributed by atoms with Crippen LogP contribution in [0.2, 0.25) is 0 Å². The van der Waals surface area contributed by atoms with Crippen molar-refractivity contribution in [2.45, 2.75) is 45.6 Å². The van der Waals surface area contributed by atoms with Crippen LogP contribution in [0.3, 0.4) is 0 Å². The fraction of sp³-hybridized carbons (Fsp3) is 0.440. The van der Waals surface area contributed by atoms with E-state index in [0.29, 0.717) is 29.1 Å². The van der Waals surface area contributed by atoms with Crippen LogP contribution in [0.1, 0.15) is 39.5 Å². The molecule has 2 aromatic heterocycles. The molecule has 0 bridgehead atoms. The van der Waals surface area contributed by atoms with Gasteiger partial charge in [0, 0.05) is 35.8 Å². The molecule has 4 rings (SSSR count). The third-order valence-electron chi connectivity index (χ3n) is 6.57. The Kier molecular flexibility index (Phi) is 6.72. The zero-order chi connectivity index (χ0) is 23.5. The molecule has 0 aliphatic heterocycles. The SMILES string of the molecule is COc1cc(-c2cc(O)c(-c3ccc(N(C)[C@H]4C[C@H](C)CC[C@H](C)C4)nn3)cc2F)cnn1. The second kappa shape index (κ2) is 9.68. The van der Waals surface area contributed by atoms with Crippen molar-refractivity contribution < 1.29 is 14.2 Å². The molecule has 1 fully saturated rings. The van der Waals surface area contributed by atoms with Gasteiger partial charge in [-0.05, 0) is 48.9 Å². The molecular formula is C25H30FN5O2. The van der Waals surface area contributed by atoms with Gasteiger partial charge in [-0.1, -0.05) is 26.7 Å². The number of halogens is 1. The van der Waals surface area contributed by atoms with Crippen LogP contribution in [0.25, 0.3) is 22.4 Å². The fourth-order valence-electron chi connectivity index (χ4n) is 4.57. The number of aromatic nitrogens is 4. The molecule has 8 heteroatoms. The van der Waals surface area contributed by atoms with Gasteiger partial charge in [0.1, 0.15) is 11.6 Å². The van der Waals surface area contributed by atoms with Crippen LogP contribution >= 0.6 is 0 Å². The molecule has 33 heavy (non-hydrogen) atoms. The van der Waals surface area contributed by atoms with Gasteiger partial charge in [-0.2, -0.15) is 5.10 Å². The first-order valence-electron chi connectivity index (χ1n) is 11.3. The molecule has 1 saturated carbocycles. The molecule has 0 saturated heterocycles. The van der Waals surface area contributed by atoms with E-state index >= 15 is 0 Å². The van der Waals surface area contributed by atoms with Gasteiger partial charge < -0.3 is 14.7 Å². The second-order valence-electron chi connectivity index (χ2n) is 9.14. The summed E-state index contributed by atoms with van der Waals surface area (Å²) in [6, 6.07) is 8.24. The quantitative estimate of drug-likeness (QED) is 0.540. The Morgan fingerprint density at radius 1 is 1.00 bits per heavy atom. The van der Waals surface area contributed by atoms with Crippen molar-refractivity contribution in [2.24, 2.45) is 11.8 Å². The summed E-state index contributed by atoms with van der Waals surface area (Å²) in [5.41, 5.74) is 1.34. The van der Waals surface area contributed by atoms with Gasteiger partial charge in [-0.3, -0.25) is 0 Å². The van der Waals surface area contributed by atoms with E-state index in [2.05, 4.69) is 46.2 Å². The average molecular weight is 452 g/mol. The van der Waals surface area contributed by atoms with E-state index in [1.54, 1.807) is 12.1 Å². The number of benzene rings is 1. The van der Waals surface area contributed by atoms with Crippen LogP contribution in [-0.2, 0) is 0 Å². The van der Waals surface area contributed by atoms with Gasteiger partial charge in [-0.15, -0.1) is 15.3 Å². The molecule has 0 unspecified atom stereocenters. The number of methoxy groups -OCH3 is 1. The van der Waals surface area contributed by atoms with Crippen LogP contribution in [0, 0.1) is 17.7 Å². The molecular weight excluding hydrogens is 421 g/mol. The number of hydrogen-bond acceptors (Lipinski definition) is 7. The van der Waals surface area contributed by atoms with Gasteiger partial charge in [0.2, 0.25) is 5.88 Å². The third kappa shape index (κ3) is 5.05. The highest BCUT2D eigenvalue weighted by Crippen LogP contribution is 2.36. The van der Waals surface area contributed by atoms with E-state index in [1.165, 1.54) is 38.3 Å². The molecule has 0 radical (unpaired) electrons. The van der Waals surface area contributed by atoms with Crippen LogP contribution in [0.15, 0.2) is 36.5 Å². The molecule has 1 aromatic carbocycles. The minimum Gasteiger partial charge on any atom is -0.507 e. The number of hydrogen-bond donors (Lipinski definition) is 1. The Morgan fingerprint density at radius 3 is 2.36 bits per heavy atom. The molecule has 0 amide bonds. The van der Waals surface area contributed by atoms with Gasteiger partial charge in [0.05, 0.1) is 19.0 Å². The van der Waals surface area contributed by atoms with Gasteiger partial charge in [-0.25, -0.2) is 4.39 Å². The maximum Gasteiger partial charge on any atom is 0.233 e. The van der Waals surface area contributed by atoms with E-state index in [0.717, 1.165) is 18.7 Å². The third-order valence-corrected chi connectivity index (χ3v) is 6.57. The van der Waals surface area contributed by atoms with Crippen molar-refractivity contribution in [3.63, 3.8) is 0 Å². The minimum atomic E-state index is -0.512. The Hall–Kier alpha value is -3.29. The summed E-state index contributed by atoms with van der Waals surface area (Å²) in [7, 11) is 3.52. The molecule has 0 spiro atoms. The first-order valence-corrected chi connectivity index (χ1v) is 11.3. The van der Waals surface area contributed by atoms with Crippen molar-refractivity contribution in [1.82, 2.24) is 20.4 Å². The van der Waals surface area contributed by atoms with Crippen LogP contribution in [-0.4, -0.2) is 45.7 Å². The topological polar surface area (TPSA) is 84.3 Å². The number of anilines is 1. The van der Waals surface area contributed by atoms with Crippen molar-refractivity contribution >= 4 is 5.82 Å². The van der Waals surface area contributed by atoms with Gasteiger partial charge in [0.25, 0.3) is 0 Å². The van der Waals surface area contributed by atoms with E-state index < -0.39 is 5.82 Å². The van der Waals surface area contributed by atoms with E-state index in [4.69, 9.17) is 4.74 Å². The summed E-state index contributed by atoms with van der Waals surface area (Å²) in [5.74, 6) is 1.80. The maximum atomic E-state index is 14.9. The van der Waals surface area contributed by atoms with E-state index in [9.17, 15) is 9.50 Å². The molecule has 3 aromatic rings. The molecule has 1 aliphatic rings. The fourth-order valence-corrected chi connectivity index (χ4v) is 4.57. The lowest BCUT2D eigenvalue weighted by atomic mass is 9.98. The maximum absolute atomic E-state index is 14.9. The highest BCUT2D eigenvalue weighted by atomic mass is 19.1. The predicted molar refractivity (Wildman–Crippen MR) is 126 cm³/mol. The van der Waals surface area contributed by atoms with Crippen molar-refractivity contribution in [3.8, 4) is 34.0 Å². The molecule has 3 atom stereocenters. The lowest BCUT2D eigenvalue weighted by Gasteiger charge is -2.30. The van der Waals surface area contributed by atoms with Crippen molar-refractivity contribution in [3.05, 3.63) is 42.3 Å². The highest BCUT2D eigenvalue weighted by molar-refractivity contribution is 5.75. The number of phenols is 1. The number of ether oxygens (including phenoxy) is 1. The summed E-state index contributed by atoms with van der Waals surface area (Å²) >= 11 is 0. The summed E-state index contributed by atoms with van der Waals surface area (Å²) < 4.78 is 20.0. The van der Waals surface area contributed by atoms with Gasteiger partial charge >= 0.3 is 0 Å². The van der Waals surface area contributed by atoms with Gasteiger partial charge in [0.15, 0.2) is 5.82 Å². The zero-order valence-corrected chi connectivity index (χ0v) is 19.5. The predicted octanol–water partition coefficient (Wildman–Crippen LogP) is 5.10. The number of phenolic OH excluding ortho intramolecular Hbond substituents is 1. The van der Waals surface area contributed by atoms with Crippen molar-refractivity contribution in [1.29, 1.82) is 0 Å². The van der Waals surface area contributed by atoms with Crippen molar-refractivity contribution in [2.75, 3.05) is 19.1 Å². The second-order valence-corrected chi connectivity index (χ2v) is 9.14. The van der Waals surface area contributed by atoms with E-state index in [-0.39, 0.29) is 22.8 Å². The van der Waals surface area contributed by atoms with Crippen LogP contribution in [0.5, 0.6) is 11.6 Å². The zero-order valence-electron chi connectivity index (χ0n) is 19.5. The lowest BCUT2D eigenvalue weighted by molar-refractivity contribution is 0.392. The Morgan fingerprint density at radius 2 is 1.73 bits per heavy atom. The van der Waals surface area contributed by atoms with Crippen LogP contribution < -0.4 is 9.64 Å². The average Bonchev–Trinajstić information content (AvgIpc) is 3.00. The molecule has 174 valence electrons. The number of aromatic hydroxyl groups is 1. The van der Waals surface area contributed by atoms with E-state index in [1.807, 2.05) is 6.07 Å². The lowest BCUT2D eigenvalue weighted by Crippen LogP contribution is -2.34. The summed E-state index contributed by atoms with van der Waals surface area (Å²) in [4.78, 5) is 2.20. The smallest absolute Gasteiger partial charge is 0.233 e. The highest BCUT2D eigenvalue weighted by Gasteiger charge is 2.25. The molecule has 1 N–H and O–H groups in total. The first-order chi connectivity index (χ1) is 15.9. The molecule has 1 aliphatic carbocycles. The first kappa shape index (κ1) is 22.9. The summed E-state index contributed by atoms with van der Waals surface area (Å²) in [5, 5.41) is 26.9. The Bertz CT molecular complexity index is 1100. The largest absolute Gasteiger partial charge is 0.507 e. The molecule has 7 nitrogen and oxygen atoms in total. The minimum absolute atomic E-state index is 0.0935. The Labute approximate surface area is 193 Å². The monoisotopic (exact) mass is 451 g/mol. The number of rotatable bonds is 5. The Balaban J connectivity index is 1.58. The summed E-state index contributed by atoms with van der Waals surface area (Å²) in [6.07, 6.45) is 6.21.